The second kappa shape index (κ2) is 9.16. The molecule has 1 aliphatic heterocycles. The summed E-state index contributed by atoms with van der Waals surface area (Å²) in [5.41, 5.74) is 0.994. The number of aliphatic hydroxyl groups excluding tert-OH is 2. The first kappa shape index (κ1) is 24.1. The summed E-state index contributed by atoms with van der Waals surface area (Å²) in [6.45, 7) is 10.4. The molecule has 0 aromatic rings. The fourth-order valence-corrected chi connectivity index (χ4v) is 6.08. The number of hydrogen-bond donors (Lipinski definition) is 3. The number of allylic oxidation sites excluding steroid dienone is 4. The molecule has 2 aliphatic carbocycles. The quantitative estimate of drug-likeness (QED) is 0.470. The highest BCUT2D eigenvalue weighted by molar-refractivity contribution is 6.09. The Morgan fingerprint density at radius 3 is 2.52 bits per heavy atom. The number of carbonyl (C=O) groups is 2. The molecule has 3 aliphatic rings. The summed E-state index contributed by atoms with van der Waals surface area (Å²) in [6, 6.07) is -0.0760. The maximum atomic E-state index is 14.0. The van der Waals surface area contributed by atoms with E-state index in [2.05, 4.69) is 39.1 Å². The molecule has 3 N–H and O–H groups in total. The smallest absolute Gasteiger partial charge is 0.235 e. The molecule has 6 nitrogen and oxygen atoms in total. The molecule has 0 aromatic heterocycles. The zero-order chi connectivity index (χ0) is 23.1. The van der Waals surface area contributed by atoms with Crippen molar-refractivity contribution < 1.29 is 24.5 Å². The van der Waals surface area contributed by atoms with Gasteiger partial charge in [-0.25, -0.2) is 0 Å². The molecule has 174 valence electrons. The largest absolute Gasteiger partial charge is 0.390 e. The molecule has 1 amide bonds. The van der Waals surface area contributed by atoms with Crippen LogP contribution in [-0.4, -0.2) is 53.4 Å². The number of rotatable bonds is 3. The molecule has 6 heteroatoms. The Kier molecular flexibility index (Phi) is 7.14. The molecule has 1 heterocycles. The average Bonchev–Trinajstić information content (AvgIpc) is 2.98. The van der Waals surface area contributed by atoms with Crippen LogP contribution in [0.25, 0.3) is 0 Å². The van der Waals surface area contributed by atoms with Gasteiger partial charge in [0, 0.05) is 31.4 Å². The van der Waals surface area contributed by atoms with Gasteiger partial charge in [-0.1, -0.05) is 44.1 Å². The van der Waals surface area contributed by atoms with E-state index in [-0.39, 0.29) is 41.9 Å². The van der Waals surface area contributed by atoms with Crippen LogP contribution in [-0.2, 0) is 14.3 Å². The number of carbonyl (C=O) groups excluding carboxylic acids is 2. The molecule has 8 atom stereocenters. The van der Waals surface area contributed by atoms with Crippen molar-refractivity contribution in [2.24, 2.45) is 29.1 Å². The predicted octanol–water partition coefficient (Wildman–Crippen LogP) is 2.78. The van der Waals surface area contributed by atoms with Crippen molar-refractivity contribution in [2.75, 3.05) is 7.11 Å². The first-order valence-corrected chi connectivity index (χ1v) is 11.6. The minimum absolute atomic E-state index is 0.0760. The van der Waals surface area contributed by atoms with E-state index in [0.29, 0.717) is 18.8 Å². The van der Waals surface area contributed by atoms with E-state index in [4.69, 9.17) is 4.74 Å². The van der Waals surface area contributed by atoms with Gasteiger partial charge in [-0.05, 0) is 44.9 Å². The maximum absolute atomic E-state index is 14.0. The zero-order valence-corrected chi connectivity index (χ0v) is 19.7. The molecule has 0 bridgehead atoms. The van der Waals surface area contributed by atoms with E-state index in [0.717, 1.165) is 12.0 Å². The van der Waals surface area contributed by atoms with Gasteiger partial charge < -0.3 is 20.3 Å². The molecule has 1 fully saturated rings. The first-order valence-electron chi connectivity index (χ1n) is 11.6. The van der Waals surface area contributed by atoms with Crippen LogP contribution in [0.15, 0.2) is 23.3 Å². The van der Waals surface area contributed by atoms with Crippen molar-refractivity contribution in [1.82, 2.24) is 5.32 Å². The van der Waals surface area contributed by atoms with Crippen LogP contribution in [0.3, 0.4) is 0 Å². The Hall–Kier alpha value is -1.50. The Bertz CT molecular complexity index is 772. The van der Waals surface area contributed by atoms with Gasteiger partial charge in [0.1, 0.15) is 11.5 Å². The highest BCUT2D eigenvalue weighted by Crippen LogP contribution is 2.55. The Morgan fingerprint density at radius 2 is 1.90 bits per heavy atom. The SMILES string of the molecule is CO[C@@H]1CC(=O)[C@@]23C(=O)N[C@@H](CC(C)C)[C@H]2[C@H](C)C(C)=C[C@@H]3/C=C(/C)CC[C@H](O)[C@@H]1O. The van der Waals surface area contributed by atoms with Crippen LogP contribution >= 0.6 is 0 Å². The molecular weight excluding hydrogens is 394 g/mol. The molecular formula is C25H39NO5. The van der Waals surface area contributed by atoms with Crippen molar-refractivity contribution in [2.45, 2.75) is 84.7 Å². The van der Waals surface area contributed by atoms with Gasteiger partial charge in [-0.15, -0.1) is 0 Å². The molecule has 3 rings (SSSR count). The molecule has 0 aromatic carbocycles. The second-order valence-corrected chi connectivity index (χ2v) is 10.3. The number of hydrogen-bond acceptors (Lipinski definition) is 5. The third-order valence-corrected chi connectivity index (χ3v) is 7.83. The summed E-state index contributed by atoms with van der Waals surface area (Å²) < 4.78 is 5.45. The first-order chi connectivity index (χ1) is 14.5. The third kappa shape index (κ3) is 4.14. The minimum atomic E-state index is -1.22. The molecule has 31 heavy (non-hydrogen) atoms. The highest BCUT2D eigenvalue weighted by Gasteiger charge is 2.65. The highest BCUT2D eigenvalue weighted by atomic mass is 16.5. The Labute approximate surface area is 186 Å². The summed E-state index contributed by atoms with van der Waals surface area (Å²) in [6.07, 6.45) is 2.79. The molecule has 0 radical (unpaired) electrons. The van der Waals surface area contributed by atoms with Crippen molar-refractivity contribution >= 4 is 11.7 Å². The van der Waals surface area contributed by atoms with Gasteiger partial charge >= 0.3 is 0 Å². The number of amides is 1. The summed E-state index contributed by atoms with van der Waals surface area (Å²) >= 11 is 0. The molecule has 1 saturated heterocycles. The van der Waals surface area contributed by atoms with Gasteiger partial charge in [0.25, 0.3) is 0 Å². The van der Waals surface area contributed by atoms with Crippen LogP contribution in [0.5, 0.6) is 0 Å². The fraction of sp³-hybridized carbons (Fsp3) is 0.760. The van der Waals surface area contributed by atoms with E-state index in [9.17, 15) is 19.8 Å². The van der Waals surface area contributed by atoms with Gasteiger partial charge in [0.05, 0.1) is 12.2 Å². The van der Waals surface area contributed by atoms with E-state index >= 15 is 0 Å². The van der Waals surface area contributed by atoms with Crippen LogP contribution in [0.4, 0.5) is 0 Å². The van der Waals surface area contributed by atoms with Crippen LogP contribution in [0, 0.1) is 29.1 Å². The standard InChI is InChI=1S/C25H39NO5/c1-13(2)9-18-22-16(5)15(4)11-17-10-14(3)7-8-19(27)23(29)20(31-6)12-21(28)25(17,22)24(30)26-18/h10-11,13,16-20,22-23,27,29H,7-9,12H2,1-6H3,(H,26,30)/b14-10-/t16-,17+,18+,19+,20-,22-,23+,25-/m1/s1. The van der Waals surface area contributed by atoms with Gasteiger partial charge in [-0.3, -0.25) is 9.59 Å². The van der Waals surface area contributed by atoms with Crippen LogP contribution in [0.1, 0.15) is 60.3 Å². The lowest BCUT2D eigenvalue weighted by molar-refractivity contribution is -0.149. The topological polar surface area (TPSA) is 95.9 Å². The number of methoxy groups -OCH3 is 1. The van der Waals surface area contributed by atoms with E-state index < -0.39 is 23.7 Å². The van der Waals surface area contributed by atoms with Crippen LogP contribution in [0.2, 0.25) is 0 Å². The van der Waals surface area contributed by atoms with E-state index in [1.54, 1.807) is 0 Å². The zero-order valence-electron chi connectivity index (χ0n) is 19.7. The third-order valence-electron chi connectivity index (χ3n) is 7.83. The summed E-state index contributed by atoms with van der Waals surface area (Å²) in [5.74, 6) is -0.445. The van der Waals surface area contributed by atoms with Gasteiger partial charge in [-0.2, -0.15) is 0 Å². The Morgan fingerprint density at radius 1 is 1.23 bits per heavy atom. The molecule has 0 saturated carbocycles. The van der Waals surface area contributed by atoms with Gasteiger partial charge in [0.15, 0.2) is 5.78 Å². The van der Waals surface area contributed by atoms with Crippen LogP contribution < -0.4 is 5.32 Å². The molecule has 0 unspecified atom stereocenters. The normalized spacial score (nSPS) is 43.3. The number of nitrogens with one attached hydrogen (secondary N) is 1. The van der Waals surface area contributed by atoms with Crippen molar-refractivity contribution in [3.05, 3.63) is 23.3 Å². The lowest BCUT2D eigenvalue weighted by Gasteiger charge is -2.45. The van der Waals surface area contributed by atoms with Crippen molar-refractivity contribution in [3.63, 3.8) is 0 Å². The fourth-order valence-electron chi connectivity index (χ4n) is 6.08. The molecule has 1 spiro atoms. The van der Waals surface area contributed by atoms with E-state index in [1.807, 2.05) is 13.0 Å². The maximum Gasteiger partial charge on any atom is 0.235 e. The lowest BCUT2D eigenvalue weighted by Crippen LogP contribution is -2.54. The average molecular weight is 434 g/mol. The van der Waals surface area contributed by atoms with Gasteiger partial charge in [0.2, 0.25) is 5.91 Å². The van der Waals surface area contributed by atoms with E-state index in [1.165, 1.54) is 12.7 Å². The summed E-state index contributed by atoms with van der Waals surface area (Å²) in [4.78, 5) is 27.7. The summed E-state index contributed by atoms with van der Waals surface area (Å²) in [7, 11) is 1.44. The number of aliphatic hydroxyl groups is 2. The second-order valence-electron chi connectivity index (χ2n) is 10.3. The predicted molar refractivity (Wildman–Crippen MR) is 119 cm³/mol. The lowest BCUT2D eigenvalue weighted by atomic mass is 9.54. The van der Waals surface area contributed by atoms with Crippen molar-refractivity contribution in [1.29, 1.82) is 0 Å². The number of ketones is 1. The summed E-state index contributed by atoms with van der Waals surface area (Å²) in [5, 5.41) is 24.3. The van der Waals surface area contributed by atoms with Crippen molar-refractivity contribution in [3.8, 4) is 0 Å². The minimum Gasteiger partial charge on any atom is -0.390 e. The Balaban J connectivity index is 2.19. The number of ether oxygens (including phenoxy) is 1. The number of Topliss-reactive ketones (excluding diaryl/α,β-unsaturated/α-hetero) is 1. The monoisotopic (exact) mass is 433 g/mol.